The maximum atomic E-state index is 6.15. The maximum absolute atomic E-state index is 6.15. The second kappa shape index (κ2) is 4.19. The zero-order valence-corrected chi connectivity index (χ0v) is 11.0. The van der Waals surface area contributed by atoms with Crippen LogP contribution in [0.3, 0.4) is 0 Å². The Hall–Kier alpha value is -0.280. The molecule has 0 unspecified atom stereocenters. The predicted molar refractivity (Wildman–Crippen MR) is 64.9 cm³/mol. The smallest absolute Gasteiger partial charge is 0.164 e. The van der Waals surface area contributed by atoms with E-state index in [2.05, 4.69) is 0 Å². The van der Waals surface area contributed by atoms with Crippen LogP contribution in [0.25, 0.3) is 0 Å². The molecular weight excluding hydrogens is 247 g/mol. The van der Waals surface area contributed by atoms with E-state index in [1.54, 1.807) is 0 Å². The van der Waals surface area contributed by atoms with E-state index in [1.165, 1.54) is 0 Å². The number of hydrogen-bond acceptors (Lipinski definition) is 2. The molecule has 88 valence electrons. The lowest BCUT2D eigenvalue weighted by Gasteiger charge is -2.18. The Labute approximate surface area is 105 Å². The molecule has 0 amide bonds. The van der Waals surface area contributed by atoms with E-state index < -0.39 is 5.79 Å². The quantitative estimate of drug-likeness (QED) is 0.754. The summed E-state index contributed by atoms with van der Waals surface area (Å²) in [5.41, 5.74) is 0.809. The van der Waals surface area contributed by atoms with Gasteiger partial charge in [0.25, 0.3) is 0 Å². The van der Waals surface area contributed by atoms with Crippen LogP contribution in [0.4, 0.5) is 0 Å². The van der Waals surface area contributed by atoms with Crippen molar-refractivity contribution < 1.29 is 9.47 Å². The second-order valence-electron chi connectivity index (χ2n) is 4.40. The first kappa shape index (κ1) is 12.2. The molecule has 16 heavy (non-hydrogen) atoms. The van der Waals surface area contributed by atoms with Crippen LogP contribution in [0.1, 0.15) is 32.4 Å². The number of benzene rings is 1. The first-order valence-corrected chi connectivity index (χ1v) is 5.96. The summed E-state index contributed by atoms with van der Waals surface area (Å²) in [5, 5.41) is 1.23. The normalized spacial score (nSPS) is 28.3. The maximum Gasteiger partial charge on any atom is 0.164 e. The molecule has 2 atom stereocenters. The molecule has 0 bridgehead atoms. The molecule has 1 aliphatic rings. The molecule has 0 spiro atoms. The molecule has 2 rings (SSSR count). The largest absolute Gasteiger partial charge is 0.344 e. The van der Waals surface area contributed by atoms with Crippen molar-refractivity contribution in [2.45, 2.75) is 38.8 Å². The molecular formula is C12H14Cl2O2. The van der Waals surface area contributed by atoms with Crippen LogP contribution < -0.4 is 0 Å². The van der Waals surface area contributed by atoms with Gasteiger partial charge < -0.3 is 9.47 Å². The SMILES string of the molecule is C[C@H]1OC(C)(C)O[C@@H]1c1c(Cl)cccc1Cl. The van der Waals surface area contributed by atoms with Gasteiger partial charge in [-0.25, -0.2) is 0 Å². The van der Waals surface area contributed by atoms with E-state index in [0.717, 1.165) is 5.56 Å². The molecule has 0 radical (unpaired) electrons. The lowest BCUT2D eigenvalue weighted by molar-refractivity contribution is -0.145. The molecule has 1 fully saturated rings. The summed E-state index contributed by atoms with van der Waals surface area (Å²) < 4.78 is 11.5. The minimum absolute atomic E-state index is 0.0626. The fourth-order valence-electron chi connectivity index (χ4n) is 2.01. The Kier molecular flexibility index (Phi) is 3.19. The molecule has 1 aromatic carbocycles. The summed E-state index contributed by atoms with van der Waals surface area (Å²) >= 11 is 12.3. The van der Waals surface area contributed by atoms with Crippen molar-refractivity contribution in [2.75, 3.05) is 0 Å². The Morgan fingerprint density at radius 2 is 1.69 bits per heavy atom. The second-order valence-corrected chi connectivity index (χ2v) is 5.21. The Morgan fingerprint density at radius 3 is 2.12 bits per heavy atom. The summed E-state index contributed by atoms with van der Waals surface area (Å²) in [6, 6.07) is 5.44. The zero-order valence-electron chi connectivity index (χ0n) is 9.46. The fourth-order valence-corrected chi connectivity index (χ4v) is 2.63. The first-order chi connectivity index (χ1) is 7.41. The molecule has 1 saturated heterocycles. The Bertz CT molecular complexity index is 384. The molecule has 0 saturated carbocycles. The number of rotatable bonds is 1. The fraction of sp³-hybridized carbons (Fsp3) is 0.500. The van der Waals surface area contributed by atoms with E-state index in [-0.39, 0.29) is 12.2 Å². The van der Waals surface area contributed by atoms with Crippen molar-refractivity contribution in [3.05, 3.63) is 33.8 Å². The molecule has 1 heterocycles. The van der Waals surface area contributed by atoms with Gasteiger partial charge in [-0.3, -0.25) is 0 Å². The van der Waals surface area contributed by atoms with Crippen molar-refractivity contribution in [1.29, 1.82) is 0 Å². The van der Waals surface area contributed by atoms with Crippen LogP contribution in [0.2, 0.25) is 10.0 Å². The van der Waals surface area contributed by atoms with Crippen LogP contribution in [-0.4, -0.2) is 11.9 Å². The zero-order chi connectivity index (χ0) is 11.9. The third kappa shape index (κ3) is 2.21. The molecule has 0 aromatic heterocycles. The van der Waals surface area contributed by atoms with E-state index in [1.807, 2.05) is 39.0 Å². The Balaban J connectivity index is 2.39. The van der Waals surface area contributed by atoms with Crippen molar-refractivity contribution in [1.82, 2.24) is 0 Å². The lowest BCUT2D eigenvalue weighted by atomic mass is 10.1. The summed E-state index contributed by atoms with van der Waals surface area (Å²) in [4.78, 5) is 0. The van der Waals surface area contributed by atoms with Gasteiger partial charge in [-0.05, 0) is 32.9 Å². The van der Waals surface area contributed by atoms with Crippen molar-refractivity contribution >= 4 is 23.2 Å². The minimum atomic E-state index is -0.591. The molecule has 0 N–H and O–H groups in total. The highest BCUT2D eigenvalue weighted by molar-refractivity contribution is 6.36. The number of halogens is 2. The van der Waals surface area contributed by atoms with Gasteiger partial charge in [0.1, 0.15) is 6.10 Å². The molecule has 1 aromatic rings. The van der Waals surface area contributed by atoms with E-state index in [0.29, 0.717) is 10.0 Å². The van der Waals surface area contributed by atoms with Gasteiger partial charge in [-0.1, -0.05) is 29.3 Å². The molecule has 1 aliphatic heterocycles. The highest BCUT2D eigenvalue weighted by Gasteiger charge is 2.41. The topological polar surface area (TPSA) is 18.5 Å². The van der Waals surface area contributed by atoms with Gasteiger partial charge in [0.2, 0.25) is 0 Å². The third-order valence-corrected chi connectivity index (χ3v) is 3.25. The van der Waals surface area contributed by atoms with Crippen LogP contribution in [0.5, 0.6) is 0 Å². The standard InChI is InChI=1S/C12H14Cl2O2/c1-7-11(16-12(2,3)15-7)10-8(13)5-4-6-9(10)14/h4-7,11H,1-3H3/t7-,11+/m1/s1. The van der Waals surface area contributed by atoms with Gasteiger partial charge in [0, 0.05) is 15.6 Å². The molecule has 4 heteroatoms. The van der Waals surface area contributed by atoms with E-state index in [4.69, 9.17) is 32.7 Å². The first-order valence-electron chi connectivity index (χ1n) is 5.20. The number of hydrogen-bond donors (Lipinski definition) is 0. The minimum Gasteiger partial charge on any atom is -0.344 e. The summed E-state index contributed by atoms with van der Waals surface area (Å²) in [5.74, 6) is -0.591. The van der Waals surface area contributed by atoms with E-state index in [9.17, 15) is 0 Å². The highest BCUT2D eigenvalue weighted by Crippen LogP contribution is 2.43. The van der Waals surface area contributed by atoms with Crippen molar-refractivity contribution in [3.63, 3.8) is 0 Å². The van der Waals surface area contributed by atoms with Crippen molar-refractivity contribution in [2.24, 2.45) is 0 Å². The predicted octanol–water partition coefficient (Wildman–Crippen LogP) is 4.21. The van der Waals surface area contributed by atoms with Crippen LogP contribution >= 0.6 is 23.2 Å². The van der Waals surface area contributed by atoms with Crippen LogP contribution in [0, 0.1) is 0 Å². The van der Waals surface area contributed by atoms with Gasteiger partial charge in [0.15, 0.2) is 5.79 Å². The van der Waals surface area contributed by atoms with Crippen LogP contribution in [0.15, 0.2) is 18.2 Å². The lowest BCUT2D eigenvalue weighted by Crippen LogP contribution is -2.20. The van der Waals surface area contributed by atoms with Gasteiger partial charge >= 0.3 is 0 Å². The number of ether oxygens (including phenoxy) is 2. The summed E-state index contributed by atoms with van der Waals surface area (Å²) in [6.45, 7) is 5.72. The van der Waals surface area contributed by atoms with E-state index >= 15 is 0 Å². The van der Waals surface area contributed by atoms with Crippen LogP contribution in [-0.2, 0) is 9.47 Å². The summed E-state index contributed by atoms with van der Waals surface area (Å²) in [6.07, 6.45) is -0.274. The van der Waals surface area contributed by atoms with Crippen molar-refractivity contribution in [3.8, 4) is 0 Å². The van der Waals surface area contributed by atoms with Gasteiger partial charge in [-0.2, -0.15) is 0 Å². The summed E-state index contributed by atoms with van der Waals surface area (Å²) in [7, 11) is 0. The third-order valence-electron chi connectivity index (χ3n) is 2.59. The molecule has 0 aliphatic carbocycles. The Morgan fingerprint density at radius 1 is 1.12 bits per heavy atom. The van der Waals surface area contributed by atoms with Gasteiger partial charge in [-0.15, -0.1) is 0 Å². The highest BCUT2D eigenvalue weighted by atomic mass is 35.5. The van der Waals surface area contributed by atoms with Gasteiger partial charge in [0.05, 0.1) is 6.10 Å². The monoisotopic (exact) mass is 260 g/mol. The average molecular weight is 261 g/mol. The average Bonchev–Trinajstić information content (AvgIpc) is 2.39. The molecule has 2 nitrogen and oxygen atoms in total.